The van der Waals surface area contributed by atoms with Gasteiger partial charge in [0.15, 0.2) is 0 Å². The monoisotopic (exact) mass is 192 g/mol. The van der Waals surface area contributed by atoms with Gasteiger partial charge in [0.1, 0.15) is 5.75 Å². The maximum atomic E-state index is 5.75. The summed E-state index contributed by atoms with van der Waals surface area (Å²) in [7, 11) is 0. The van der Waals surface area contributed by atoms with E-state index in [0.29, 0.717) is 12.6 Å². The molecule has 76 valence electrons. The molecule has 1 aromatic heterocycles. The number of nitrogens with zero attached hydrogens (tertiary/aromatic N) is 1. The Bertz CT molecular complexity index is 321. The first kappa shape index (κ1) is 9.46. The summed E-state index contributed by atoms with van der Waals surface area (Å²) in [6.07, 6.45) is 5.61. The third-order valence-electron chi connectivity index (χ3n) is 2.41. The summed E-state index contributed by atoms with van der Waals surface area (Å²) in [5, 5.41) is 0. The lowest BCUT2D eigenvalue weighted by Gasteiger charge is -2.09. The van der Waals surface area contributed by atoms with E-state index >= 15 is 0 Å². The topological polar surface area (TPSA) is 48.1 Å². The van der Waals surface area contributed by atoms with Crippen molar-refractivity contribution in [2.45, 2.75) is 38.8 Å². The van der Waals surface area contributed by atoms with Crippen molar-refractivity contribution in [3.63, 3.8) is 0 Å². The van der Waals surface area contributed by atoms with Crippen LogP contribution in [0.25, 0.3) is 0 Å². The van der Waals surface area contributed by atoms with Crippen LogP contribution < -0.4 is 10.5 Å². The van der Waals surface area contributed by atoms with Crippen molar-refractivity contribution in [2.24, 2.45) is 5.73 Å². The first-order chi connectivity index (χ1) is 6.83. The Morgan fingerprint density at radius 1 is 1.57 bits per heavy atom. The molecular formula is C11H16N2O. The number of aromatic nitrogens is 1. The SMILES string of the molecule is CCc1cnc(CN)c(OC2CC2)c1. The molecule has 0 atom stereocenters. The van der Waals surface area contributed by atoms with Crippen LogP contribution in [0.3, 0.4) is 0 Å². The van der Waals surface area contributed by atoms with Gasteiger partial charge in [-0.3, -0.25) is 4.98 Å². The highest BCUT2D eigenvalue weighted by molar-refractivity contribution is 5.32. The molecule has 14 heavy (non-hydrogen) atoms. The quantitative estimate of drug-likeness (QED) is 0.789. The largest absolute Gasteiger partial charge is 0.488 e. The van der Waals surface area contributed by atoms with Crippen molar-refractivity contribution in [3.8, 4) is 5.75 Å². The van der Waals surface area contributed by atoms with Crippen molar-refractivity contribution < 1.29 is 4.74 Å². The Balaban J connectivity index is 2.21. The van der Waals surface area contributed by atoms with Gasteiger partial charge in [0.05, 0.1) is 11.8 Å². The van der Waals surface area contributed by atoms with E-state index in [2.05, 4.69) is 18.0 Å². The number of ether oxygens (including phenoxy) is 1. The molecule has 1 aliphatic rings. The minimum absolute atomic E-state index is 0.411. The number of nitrogens with two attached hydrogens (primary N) is 1. The smallest absolute Gasteiger partial charge is 0.142 e. The van der Waals surface area contributed by atoms with E-state index in [1.54, 1.807) is 0 Å². The second-order valence-corrected chi connectivity index (χ2v) is 3.66. The molecule has 0 saturated heterocycles. The Morgan fingerprint density at radius 2 is 2.36 bits per heavy atom. The van der Waals surface area contributed by atoms with Crippen LogP contribution in [0, 0.1) is 0 Å². The van der Waals surface area contributed by atoms with Crippen molar-refractivity contribution in [3.05, 3.63) is 23.5 Å². The van der Waals surface area contributed by atoms with Crippen molar-refractivity contribution in [1.82, 2.24) is 4.98 Å². The molecule has 0 bridgehead atoms. The van der Waals surface area contributed by atoms with Crippen LogP contribution in [0.2, 0.25) is 0 Å². The predicted molar refractivity (Wildman–Crippen MR) is 55.2 cm³/mol. The highest BCUT2D eigenvalue weighted by atomic mass is 16.5. The molecule has 0 amide bonds. The van der Waals surface area contributed by atoms with Crippen LogP contribution in [0.1, 0.15) is 31.0 Å². The molecular weight excluding hydrogens is 176 g/mol. The molecule has 1 aliphatic carbocycles. The number of hydrogen-bond donors (Lipinski definition) is 1. The number of hydrogen-bond acceptors (Lipinski definition) is 3. The average Bonchev–Trinajstić information content (AvgIpc) is 3.01. The van der Waals surface area contributed by atoms with Gasteiger partial charge in [0.25, 0.3) is 0 Å². The van der Waals surface area contributed by atoms with E-state index in [9.17, 15) is 0 Å². The van der Waals surface area contributed by atoms with Crippen LogP contribution in [-0.4, -0.2) is 11.1 Å². The molecule has 0 unspecified atom stereocenters. The maximum Gasteiger partial charge on any atom is 0.142 e. The zero-order chi connectivity index (χ0) is 9.97. The van der Waals surface area contributed by atoms with Gasteiger partial charge in [-0.05, 0) is 30.9 Å². The first-order valence-electron chi connectivity index (χ1n) is 5.18. The zero-order valence-electron chi connectivity index (χ0n) is 8.49. The van der Waals surface area contributed by atoms with E-state index in [-0.39, 0.29) is 0 Å². The Morgan fingerprint density at radius 3 is 2.93 bits per heavy atom. The minimum Gasteiger partial charge on any atom is -0.488 e. The molecule has 1 heterocycles. The first-order valence-corrected chi connectivity index (χ1v) is 5.18. The van der Waals surface area contributed by atoms with E-state index in [1.165, 1.54) is 18.4 Å². The van der Waals surface area contributed by atoms with Gasteiger partial charge in [-0.1, -0.05) is 6.92 Å². The standard InChI is InChI=1S/C11H16N2O/c1-2-8-5-11(14-9-3-4-9)10(6-12)13-7-8/h5,7,9H,2-4,6,12H2,1H3. The fraction of sp³-hybridized carbons (Fsp3) is 0.545. The zero-order valence-corrected chi connectivity index (χ0v) is 8.49. The van der Waals surface area contributed by atoms with E-state index in [4.69, 9.17) is 10.5 Å². The van der Waals surface area contributed by atoms with E-state index in [0.717, 1.165) is 17.9 Å². The fourth-order valence-electron chi connectivity index (χ4n) is 1.33. The lowest BCUT2D eigenvalue weighted by atomic mass is 10.2. The highest BCUT2D eigenvalue weighted by Gasteiger charge is 2.24. The maximum absolute atomic E-state index is 5.75. The summed E-state index contributed by atoms with van der Waals surface area (Å²) in [6, 6.07) is 2.06. The Kier molecular flexibility index (Phi) is 2.68. The minimum atomic E-state index is 0.411. The van der Waals surface area contributed by atoms with Crippen molar-refractivity contribution in [1.29, 1.82) is 0 Å². The summed E-state index contributed by atoms with van der Waals surface area (Å²) >= 11 is 0. The van der Waals surface area contributed by atoms with E-state index in [1.807, 2.05) is 6.20 Å². The molecule has 0 aromatic carbocycles. The lowest BCUT2D eigenvalue weighted by Crippen LogP contribution is -2.06. The van der Waals surface area contributed by atoms with Gasteiger partial charge < -0.3 is 10.5 Å². The normalized spacial score (nSPS) is 15.6. The second kappa shape index (κ2) is 3.96. The average molecular weight is 192 g/mol. The second-order valence-electron chi connectivity index (χ2n) is 3.66. The molecule has 1 saturated carbocycles. The molecule has 3 heteroatoms. The van der Waals surface area contributed by atoms with Crippen molar-refractivity contribution >= 4 is 0 Å². The molecule has 1 aromatic rings. The highest BCUT2D eigenvalue weighted by Crippen LogP contribution is 2.28. The summed E-state index contributed by atoms with van der Waals surface area (Å²) < 4.78 is 5.75. The molecule has 1 fully saturated rings. The van der Waals surface area contributed by atoms with Gasteiger partial charge in [-0.25, -0.2) is 0 Å². The number of pyridine rings is 1. The molecule has 0 aliphatic heterocycles. The summed E-state index contributed by atoms with van der Waals surface area (Å²) in [4.78, 5) is 4.30. The van der Waals surface area contributed by atoms with Crippen LogP contribution in [0.4, 0.5) is 0 Å². The lowest BCUT2D eigenvalue weighted by molar-refractivity contribution is 0.298. The number of rotatable bonds is 4. The van der Waals surface area contributed by atoms with E-state index < -0.39 is 0 Å². The molecule has 0 spiro atoms. The van der Waals surface area contributed by atoms with Crippen molar-refractivity contribution in [2.75, 3.05) is 0 Å². The third kappa shape index (κ3) is 2.04. The fourth-order valence-corrected chi connectivity index (χ4v) is 1.33. The van der Waals surface area contributed by atoms with Crippen LogP contribution in [0.5, 0.6) is 5.75 Å². The van der Waals surface area contributed by atoms with Gasteiger partial charge in [-0.15, -0.1) is 0 Å². The molecule has 0 radical (unpaired) electrons. The summed E-state index contributed by atoms with van der Waals surface area (Å²) in [5.74, 6) is 0.884. The Labute approximate surface area is 84.3 Å². The summed E-state index contributed by atoms with van der Waals surface area (Å²) in [6.45, 7) is 2.56. The Hall–Kier alpha value is -1.09. The van der Waals surface area contributed by atoms with Gasteiger partial charge >= 0.3 is 0 Å². The predicted octanol–water partition coefficient (Wildman–Crippen LogP) is 1.64. The molecule has 3 nitrogen and oxygen atoms in total. The van der Waals surface area contributed by atoms with Crippen LogP contribution >= 0.6 is 0 Å². The van der Waals surface area contributed by atoms with Gasteiger partial charge in [0, 0.05) is 12.7 Å². The van der Waals surface area contributed by atoms with Crippen LogP contribution in [0.15, 0.2) is 12.3 Å². The number of aryl methyl sites for hydroxylation is 1. The third-order valence-corrected chi connectivity index (χ3v) is 2.41. The molecule has 2 rings (SSSR count). The van der Waals surface area contributed by atoms with Gasteiger partial charge in [0.2, 0.25) is 0 Å². The summed E-state index contributed by atoms with van der Waals surface area (Å²) in [5.41, 5.74) is 7.67. The van der Waals surface area contributed by atoms with Crippen LogP contribution in [-0.2, 0) is 13.0 Å². The molecule has 2 N–H and O–H groups in total. The van der Waals surface area contributed by atoms with Gasteiger partial charge in [-0.2, -0.15) is 0 Å².